The second-order valence-corrected chi connectivity index (χ2v) is 5.84. The zero-order valence-corrected chi connectivity index (χ0v) is 14.5. The fourth-order valence-electron chi connectivity index (χ4n) is 2.70. The van der Waals surface area contributed by atoms with Crippen LogP contribution in [0.15, 0.2) is 18.3 Å². The third-order valence-corrected chi connectivity index (χ3v) is 3.93. The highest BCUT2D eigenvalue weighted by Crippen LogP contribution is 2.30. The van der Waals surface area contributed by atoms with Gasteiger partial charge in [-0.3, -0.25) is 14.0 Å². The van der Waals surface area contributed by atoms with E-state index in [9.17, 15) is 22.8 Å². The molecule has 0 saturated heterocycles. The molecule has 0 bridgehead atoms. The molecule has 0 spiro atoms. The number of carboxylic acid groups (broad SMARTS) is 1. The molecule has 2 aromatic rings. The topological polar surface area (TPSA) is 74.9 Å². The molecule has 1 N–H and O–H groups in total. The monoisotopic (exact) mass is 371 g/mol. The van der Waals surface area contributed by atoms with Crippen molar-refractivity contribution < 1.29 is 27.9 Å². The summed E-state index contributed by atoms with van der Waals surface area (Å²) in [6, 6.07) is 2.14. The van der Waals surface area contributed by atoms with Crippen molar-refractivity contribution in [1.29, 1.82) is 0 Å². The van der Waals surface area contributed by atoms with Crippen molar-refractivity contribution in [3.05, 3.63) is 35.3 Å². The Labute approximate surface area is 148 Å². The molecule has 0 aliphatic carbocycles. The van der Waals surface area contributed by atoms with E-state index in [1.54, 1.807) is 6.92 Å². The van der Waals surface area contributed by atoms with Gasteiger partial charge in [0, 0.05) is 19.3 Å². The third kappa shape index (κ3) is 4.14. The summed E-state index contributed by atoms with van der Waals surface area (Å²) >= 11 is 0. The lowest BCUT2D eigenvalue weighted by Gasteiger charge is -2.21. The molecule has 0 fully saturated rings. The fourth-order valence-corrected chi connectivity index (χ4v) is 2.70. The molecule has 0 aliphatic heterocycles. The van der Waals surface area contributed by atoms with Crippen molar-refractivity contribution in [2.24, 2.45) is 0 Å². The van der Waals surface area contributed by atoms with Crippen LogP contribution < -0.4 is 0 Å². The predicted molar refractivity (Wildman–Crippen MR) is 88.0 cm³/mol. The van der Waals surface area contributed by atoms with E-state index in [2.05, 4.69) is 4.98 Å². The molecule has 0 aromatic carbocycles. The number of alkyl halides is 3. The van der Waals surface area contributed by atoms with Gasteiger partial charge in [-0.15, -0.1) is 0 Å². The summed E-state index contributed by atoms with van der Waals surface area (Å²) in [6.07, 6.45) is -2.97. The first kappa shape index (κ1) is 19.7. The quantitative estimate of drug-likeness (QED) is 0.811. The minimum absolute atomic E-state index is 0.0165. The number of aliphatic carboxylic acids is 1. The fraction of sp³-hybridized carbons (Fsp3) is 0.471. The number of aryl methyl sites for hydroxylation is 1. The molecule has 142 valence electrons. The zero-order chi connectivity index (χ0) is 19.5. The third-order valence-electron chi connectivity index (χ3n) is 3.93. The molecule has 26 heavy (non-hydrogen) atoms. The van der Waals surface area contributed by atoms with Crippen LogP contribution in [0.25, 0.3) is 5.65 Å². The van der Waals surface area contributed by atoms with Crippen molar-refractivity contribution in [3.63, 3.8) is 0 Å². The Morgan fingerprint density at radius 1 is 1.23 bits per heavy atom. The van der Waals surface area contributed by atoms with E-state index in [0.29, 0.717) is 25.1 Å². The number of amides is 1. The molecule has 2 aromatic heterocycles. The van der Waals surface area contributed by atoms with Crippen LogP contribution in [0.1, 0.15) is 48.4 Å². The molecule has 0 aliphatic rings. The lowest BCUT2D eigenvalue weighted by Crippen LogP contribution is -2.35. The van der Waals surface area contributed by atoms with Gasteiger partial charge in [-0.05, 0) is 25.0 Å². The molecular formula is C17H20F3N3O3. The minimum atomic E-state index is -4.54. The Balaban J connectivity index is 2.53. The standard InChI is InChI=1S/C17H20F3N3O3/c1-3-8-22(9-7-14(24)25)16(26)15-12(4-2)21-13-6-5-11(10-23(13)15)17(18,19)20/h5-6,10H,3-4,7-9H2,1-2H3,(H,24,25). The highest BCUT2D eigenvalue weighted by Gasteiger charge is 2.32. The summed E-state index contributed by atoms with van der Waals surface area (Å²) in [6.45, 7) is 3.88. The number of hydrogen-bond acceptors (Lipinski definition) is 3. The number of fused-ring (bicyclic) bond motifs is 1. The van der Waals surface area contributed by atoms with Crippen LogP contribution in [0.3, 0.4) is 0 Å². The summed E-state index contributed by atoms with van der Waals surface area (Å²) < 4.78 is 40.2. The van der Waals surface area contributed by atoms with Crippen LogP contribution in [-0.4, -0.2) is 44.4 Å². The summed E-state index contributed by atoms with van der Waals surface area (Å²) in [5, 5.41) is 8.86. The van der Waals surface area contributed by atoms with E-state index in [1.165, 1.54) is 11.0 Å². The van der Waals surface area contributed by atoms with E-state index >= 15 is 0 Å². The van der Waals surface area contributed by atoms with Crippen molar-refractivity contribution in [1.82, 2.24) is 14.3 Å². The molecule has 1 amide bonds. The molecule has 0 atom stereocenters. The molecular weight excluding hydrogens is 351 g/mol. The molecule has 0 radical (unpaired) electrons. The van der Waals surface area contributed by atoms with E-state index in [1.807, 2.05) is 6.92 Å². The van der Waals surface area contributed by atoms with E-state index < -0.39 is 23.6 Å². The van der Waals surface area contributed by atoms with Crippen molar-refractivity contribution in [3.8, 4) is 0 Å². The van der Waals surface area contributed by atoms with Crippen molar-refractivity contribution >= 4 is 17.5 Å². The van der Waals surface area contributed by atoms with Gasteiger partial charge in [-0.2, -0.15) is 13.2 Å². The first-order valence-electron chi connectivity index (χ1n) is 8.28. The predicted octanol–water partition coefficient (Wildman–Crippen LogP) is 3.24. The van der Waals surface area contributed by atoms with Crippen LogP contribution in [-0.2, 0) is 17.4 Å². The van der Waals surface area contributed by atoms with Crippen LogP contribution in [0, 0.1) is 0 Å². The van der Waals surface area contributed by atoms with Crippen LogP contribution in [0.2, 0.25) is 0 Å². The Morgan fingerprint density at radius 2 is 1.92 bits per heavy atom. The number of hydrogen-bond donors (Lipinski definition) is 1. The maximum atomic E-state index is 13.0. The smallest absolute Gasteiger partial charge is 0.417 e. The molecule has 2 heterocycles. The van der Waals surface area contributed by atoms with Gasteiger partial charge in [0.2, 0.25) is 0 Å². The van der Waals surface area contributed by atoms with Gasteiger partial charge in [0.25, 0.3) is 5.91 Å². The number of carbonyl (C=O) groups is 2. The molecule has 2 rings (SSSR count). The van der Waals surface area contributed by atoms with E-state index in [-0.39, 0.29) is 24.3 Å². The zero-order valence-electron chi connectivity index (χ0n) is 14.5. The number of nitrogens with zero attached hydrogens (tertiary/aromatic N) is 3. The van der Waals surface area contributed by atoms with Gasteiger partial charge in [0.05, 0.1) is 17.7 Å². The largest absolute Gasteiger partial charge is 0.481 e. The van der Waals surface area contributed by atoms with Gasteiger partial charge in [0.15, 0.2) is 0 Å². The SMILES string of the molecule is CCCN(CCC(=O)O)C(=O)c1c(CC)nc2ccc(C(F)(F)F)cn12. The van der Waals surface area contributed by atoms with Crippen LogP contribution in [0.5, 0.6) is 0 Å². The second-order valence-electron chi connectivity index (χ2n) is 5.84. The van der Waals surface area contributed by atoms with Crippen molar-refractivity contribution in [2.75, 3.05) is 13.1 Å². The van der Waals surface area contributed by atoms with E-state index in [4.69, 9.17) is 5.11 Å². The van der Waals surface area contributed by atoms with Gasteiger partial charge in [-0.25, -0.2) is 4.98 Å². The first-order valence-corrected chi connectivity index (χ1v) is 8.28. The lowest BCUT2D eigenvalue weighted by atomic mass is 10.2. The normalized spacial score (nSPS) is 11.7. The molecule has 9 heteroatoms. The Bertz CT molecular complexity index is 815. The summed E-state index contributed by atoms with van der Waals surface area (Å²) in [7, 11) is 0. The minimum Gasteiger partial charge on any atom is -0.481 e. The summed E-state index contributed by atoms with van der Waals surface area (Å²) in [5.41, 5.74) is -0.210. The average Bonchev–Trinajstić information content (AvgIpc) is 2.94. The Morgan fingerprint density at radius 3 is 2.46 bits per heavy atom. The second kappa shape index (κ2) is 7.76. The van der Waals surface area contributed by atoms with Crippen molar-refractivity contribution in [2.45, 2.75) is 39.3 Å². The number of carbonyl (C=O) groups excluding carboxylic acids is 1. The van der Waals surface area contributed by atoms with Crippen LogP contribution in [0.4, 0.5) is 13.2 Å². The lowest BCUT2D eigenvalue weighted by molar-refractivity contribution is -0.138. The molecule has 0 unspecified atom stereocenters. The highest BCUT2D eigenvalue weighted by molar-refractivity contribution is 5.95. The first-order chi connectivity index (χ1) is 12.2. The maximum absolute atomic E-state index is 13.0. The van der Waals surface area contributed by atoms with Gasteiger partial charge in [0.1, 0.15) is 11.3 Å². The number of imidazole rings is 1. The highest BCUT2D eigenvalue weighted by atomic mass is 19.4. The molecule has 0 saturated carbocycles. The molecule has 6 nitrogen and oxygen atoms in total. The Hall–Kier alpha value is -2.58. The summed E-state index contributed by atoms with van der Waals surface area (Å²) in [4.78, 5) is 29.4. The number of aromatic nitrogens is 2. The van der Waals surface area contributed by atoms with Crippen LogP contribution >= 0.6 is 0 Å². The van der Waals surface area contributed by atoms with Gasteiger partial charge in [-0.1, -0.05) is 13.8 Å². The number of pyridine rings is 1. The number of carboxylic acids is 1. The van der Waals surface area contributed by atoms with E-state index in [0.717, 1.165) is 16.7 Å². The van der Waals surface area contributed by atoms with Gasteiger partial charge < -0.3 is 10.0 Å². The average molecular weight is 371 g/mol. The summed E-state index contributed by atoms with van der Waals surface area (Å²) in [5.74, 6) is -1.57. The maximum Gasteiger partial charge on any atom is 0.417 e. The number of halogens is 3. The van der Waals surface area contributed by atoms with Gasteiger partial charge >= 0.3 is 12.1 Å². The Kier molecular flexibility index (Phi) is 5.89. The number of rotatable bonds is 7.